The molecule has 0 radical (unpaired) electrons. The van der Waals surface area contributed by atoms with Gasteiger partial charge in [-0.25, -0.2) is 0 Å². The number of alkyl halides is 3. The first-order valence-corrected chi connectivity index (χ1v) is 11.4. The van der Waals surface area contributed by atoms with E-state index in [2.05, 4.69) is 16.0 Å². The highest BCUT2D eigenvalue weighted by Gasteiger charge is 2.36. The number of anilines is 1. The van der Waals surface area contributed by atoms with Gasteiger partial charge in [-0.2, -0.15) is 0 Å². The normalized spacial score (nSPS) is 12.2. The predicted octanol–water partition coefficient (Wildman–Crippen LogP) is 5.93. The molecule has 0 aliphatic carbocycles. The average Bonchev–Trinajstić information content (AvgIpc) is 2.76. The lowest BCUT2D eigenvalue weighted by Crippen LogP contribution is -2.57. The van der Waals surface area contributed by atoms with E-state index in [4.69, 9.17) is 47.0 Å². The Morgan fingerprint density at radius 3 is 1.78 bits per heavy atom. The Morgan fingerprint density at radius 2 is 1.31 bits per heavy atom. The van der Waals surface area contributed by atoms with Gasteiger partial charge in [0.2, 0.25) is 9.70 Å². The maximum absolute atomic E-state index is 13.4. The molecule has 4 nitrogen and oxygen atoms in total. The number of thiocarbonyl (C=S) groups is 1. The molecule has 0 heterocycles. The van der Waals surface area contributed by atoms with Gasteiger partial charge in [0.1, 0.15) is 6.17 Å². The monoisotopic (exact) mass is 505 g/mol. The smallest absolute Gasteiger partial charge is 0.233 e. The Kier molecular flexibility index (Phi) is 8.38. The van der Waals surface area contributed by atoms with Gasteiger partial charge in [0.25, 0.3) is 0 Å². The average molecular weight is 507 g/mol. The van der Waals surface area contributed by atoms with Crippen molar-refractivity contribution in [2.45, 2.75) is 22.8 Å². The van der Waals surface area contributed by atoms with E-state index in [-0.39, 0.29) is 11.0 Å². The summed E-state index contributed by atoms with van der Waals surface area (Å²) in [6.45, 7) is 1.99. The molecule has 3 N–H and O–H groups in total. The molecule has 3 aromatic rings. The first-order valence-electron chi connectivity index (χ1n) is 9.85. The van der Waals surface area contributed by atoms with Gasteiger partial charge in [-0.15, -0.1) is 0 Å². The zero-order chi connectivity index (χ0) is 23.1. The molecule has 0 saturated heterocycles. The summed E-state index contributed by atoms with van der Waals surface area (Å²) in [6.07, 6.45) is -1.07. The number of carbonyl (C=O) groups is 1. The van der Waals surface area contributed by atoms with Gasteiger partial charge in [0.05, 0.1) is 5.92 Å². The van der Waals surface area contributed by atoms with E-state index in [1.54, 1.807) is 0 Å². The topological polar surface area (TPSA) is 53.2 Å². The minimum Gasteiger partial charge on any atom is -0.339 e. The van der Waals surface area contributed by atoms with E-state index in [0.717, 1.165) is 22.4 Å². The molecule has 32 heavy (non-hydrogen) atoms. The third-order valence-electron chi connectivity index (χ3n) is 4.73. The molecule has 166 valence electrons. The number of halogens is 3. The van der Waals surface area contributed by atoms with Crippen LogP contribution in [0.4, 0.5) is 5.69 Å². The van der Waals surface area contributed by atoms with Gasteiger partial charge < -0.3 is 16.0 Å². The highest BCUT2D eigenvalue weighted by molar-refractivity contribution is 7.80. The van der Waals surface area contributed by atoms with E-state index >= 15 is 0 Å². The van der Waals surface area contributed by atoms with Crippen molar-refractivity contribution in [2.75, 3.05) is 5.32 Å². The van der Waals surface area contributed by atoms with Gasteiger partial charge in [-0.05, 0) is 42.4 Å². The second kappa shape index (κ2) is 11.0. The third-order valence-corrected chi connectivity index (χ3v) is 5.60. The second-order valence-electron chi connectivity index (χ2n) is 7.20. The van der Waals surface area contributed by atoms with Crippen LogP contribution in [0, 0.1) is 6.92 Å². The van der Waals surface area contributed by atoms with Crippen LogP contribution in [0.15, 0.2) is 84.9 Å². The van der Waals surface area contributed by atoms with Crippen molar-refractivity contribution < 1.29 is 4.79 Å². The molecule has 8 heteroatoms. The van der Waals surface area contributed by atoms with Crippen molar-refractivity contribution in [3.8, 4) is 0 Å². The summed E-state index contributed by atoms with van der Waals surface area (Å²) >= 11 is 23.9. The quantitative estimate of drug-likeness (QED) is 0.220. The summed E-state index contributed by atoms with van der Waals surface area (Å²) in [7, 11) is 0. The lowest BCUT2D eigenvalue weighted by molar-refractivity contribution is -0.122. The highest BCUT2D eigenvalue weighted by Crippen LogP contribution is 2.31. The number of benzene rings is 3. The molecular weight excluding hydrogens is 485 g/mol. The van der Waals surface area contributed by atoms with Crippen LogP contribution in [0.1, 0.15) is 22.6 Å². The highest BCUT2D eigenvalue weighted by atomic mass is 35.6. The van der Waals surface area contributed by atoms with Gasteiger partial charge >= 0.3 is 0 Å². The fourth-order valence-corrected chi connectivity index (χ4v) is 3.71. The summed E-state index contributed by atoms with van der Waals surface area (Å²) in [6, 6.07) is 26.5. The molecule has 1 atom stereocenters. The number of amides is 1. The lowest BCUT2D eigenvalue weighted by atomic mass is 9.90. The van der Waals surface area contributed by atoms with E-state index in [9.17, 15) is 4.79 Å². The molecule has 0 fully saturated rings. The number of nitrogens with one attached hydrogen (secondary N) is 3. The summed E-state index contributed by atoms with van der Waals surface area (Å²) in [5.41, 5.74) is 3.53. The Bertz CT molecular complexity index is 1000. The predicted molar refractivity (Wildman–Crippen MR) is 137 cm³/mol. The van der Waals surface area contributed by atoms with Crippen LogP contribution >= 0.6 is 47.0 Å². The van der Waals surface area contributed by atoms with Crippen LogP contribution in [-0.2, 0) is 4.79 Å². The molecule has 3 rings (SSSR count). The number of carbonyl (C=O) groups excluding carboxylic acids is 1. The summed E-state index contributed by atoms with van der Waals surface area (Å²) < 4.78 is -1.85. The standard InChI is InChI=1S/C24H22Cl3N3OS/c1-16-12-14-19(15-13-16)28-23(32)30-22(24(25,26)27)29-21(31)20(17-8-4-2-5-9-17)18-10-6-3-7-11-18/h2-15,20,22H,1H3,(H,29,31)(H2,28,30,32). The molecule has 0 spiro atoms. The van der Waals surface area contributed by atoms with Crippen LogP contribution in [0.3, 0.4) is 0 Å². The lowest BCUT2D eigenvalue weighted by Gasteiger charge is -2.29. The van der Waals surface area contributed by atoms with Crippen LogP contribution < -0.4 is 16.0 Å². The fraction of sp³-hybridized carbons (Fsp3) is 0.167. The van der Waals surface area contributed by atoms with E-state index in [1.807, 2.05) is 91.9 Å². The Morgan fingerprint density at radius 1 is 0.812 bits per heavy atom. The zero-order valence-corrected chi connectivity index (χ0v) is 20.3. The Hall–Kier alpha value is -2.31. The van der Waals surface area contributed by atoms with Crippen molar-refractivity contribution >= 4 is 63.7 Å². The van der Waals surface area contributed by atoms with Crippen LogP contribution in [0.5, 0.6) is 0 Å². The largest absolute Gasteiger partial charge is 0.339 e. The number of hydrogen-bond donors (Lipinski definition) is 3. The maximum Gasteiger partial charge on any atom is 0.233 e. The SMILES string of the molecule is Cc1ccc(NC(=S)NC(NC(=O)C(c2ccccc2)c2ccccc2)C(Cl)(Cl)Cl)cc1. The van der Waals surface area contributed by atoms with Gasteiger partial charge in [0, 0.05) is 5.69 Å². The number of rotatable bonds is 6. The molecule has 0 aliphatic rings. The zero-order valence-electron chi connectivity index (χ0n) is 17.2. The van der Waals surface area contributed by atoms with Crippen molar-refractivity contribution in [1.82, 2.24) is 10.6 Å². The molecule has 0 bridgehead atoms. The first-order chi connectivity index (χ1) is 15.2. The molecule has 0 aliphatic heterocycles. The second-order valence-corrected chi connectivity index (χ2v) is 9.98. The summed E-state index contributed by atoms with van der Waals surface area (Å²) in [4.78, 5) is 13.4. The third kappa shape index (κ3) is 6.84. The minimum atomic E-state index is -1.85. The van der Waals surface area contributed by atoms with Gasteiger partial charge in [0.15, 0.2) is 5.11 Å². The van der Waals surface area contributed by atoms with E-state index in [0.29, 0.717) is 0 Å². The van der Waals surface area contributed by atoms with Crippen molar-refractivity contribution in [3.05, 3.63) is 102 Å². The Labute approximate surface area is 208 Å². The van der Waals surface area contributed by atoms with Crippen LogP contribution in [0.2, 0.25) is 0 Å². The van der Waals surface area contributed by atoms with E-state index < -0.39 is 15.9 Å². The molecule has 1 amide bonds. The van der Waals surface area contributed by atoms with Gasteiger partial charge in [-0.3, -0.25) is 4.79 Å². The molecule has 1 unspecified atom stereocenters. The van der Waals surface area contributed by atoms with Crippen molar-refractivity contribution in [1.29, 1.82) is 0 Å². The fourth-order valence-electron chi connectivity index (χ4n) is 3.15. The molecule has 3 aromatic carbocycles. The minimum absolute atomic E-state index is 0.210. The molecule has 0 aromatic heterocycles. The molecule has 0 saturated carbocycles. The van der Waals surface area contributed by atoms with Gasteiger partial charge in [-0.1, -0.05) is 113 Å². The van der Waals surface area contributed by atoms with Crippen molar-refractivity contribution in [2.24, 2.45) is 0 Å². The number of aryl methyl sites for hydroxylation is 1. The first kappa shape index (κ1) is 24.3. The maximum atomic E-state index is 13.4. The summed E-state index contributed by atoms with van der Waals surface area (Å²) in [5, 5.41) is 8.95. The van der Waals surface area contributed by atoms with E-state index in [1.165, 1.54) is 0 Å². The van der Waals surface area contributed by atoms with Crippen LogP contribution in [0.25, 0.3) is 0 Å². The Balaban J connectivity index is 1.79. The van der Waals surface area contributed by atoms with Crippen LogP contribution in [-0.4, -0.2) is 21.0 Å². The number of hydrogen-bond acceptors (Lipinski definition) is 2. The molecular formula is C24H22Cl3N3OS. The van der Waals surface area contributed by atoms with Crippen molar-refractivity contribution in [3.63, 3.8) is 0 Å². The summed E-state index contributed by atoms with van der Waals surface area (Å²) in [5.74, 6) is -0.919.